The molecule has 1 atom stereocenters. The summed E-state index contributed by atoms with van der Waals surface area (Å²) < 4.78 is 5.35. The monoisotopic (exact) mass is 306 g/mol. The molecule has 2 aromatic carbocycles. The van der Waals surface area contributed by atoms with E-state index >= 15 is 0 Å². The van der Waals surface area contributed by atoms with Gasteiger partial charge in [0.1, 0.15) is 0 Å². The molecule has 1 aromatic heterocycles. The molecule has 0 bridgehead atoms. The third kappa shape index (κ3) is 3.38. The van der Waals surface area contributed by atoms with Crippen LogP contribution in [-0.4, -0.2) is 18.0 Å². The fourth-order valence-electron chi connectivity index (χ4n) is 2.61. The number of para-hydroxylation sites is 1. The third-order valence-electron chi connectivity index (χ3n) is 3.77. The zero-order valence-corrected chi connectivity index (χ0v) is 12.9. The molecule has 0 saturated carbocycles. The molecule has 0 aliphatic rings. The van der Waals surface area contributed by atoms with E-state index in [0.717, 1.165) is 22.0 Å². The van der Waals surface area contributed by atoms with Crippen molar-refractivity contribution in [1.29, 1.82) is 0 Å². The largest absolute Gasteiger partial charge is 0.367 e. The summed E-state index contributed by atoms with van der Waals surface area (Å²) in [4.78, 5) is 16.8. The fraction of sp³-hybridized carbons (Fsp3) is 0.158. The van der Waals surface area contributed by atoms with Gasteiger partial charge in [0.05, 0.1) is 5.52 Å². The summed E-state index contributed by atoms with van der Waals surface area (Å²) in [6.45, 7) is 0.439. The highest BCUT2D eigenvalue weighted by Crippen LogP contribution is 2.18. The van der Waals surface area contributed by atoms with Gasteiger partial charge in [-0.15, -0.1) is 0 Å². The highest BCUT2D eigenvalue weighted by Gasteiger charge is 2.19. The van der Waals surface area contributed by atoms with Gasteiger partial charge in [0.15, 0.2) is 6.10 Å². The van der Waals surface area contributed by atoms with E-state index in [4.69, 9.17) is 4.74 Å². The van der Waals surface area contributed by atoms with E-state index in [2.05, 4.69) is 10.3 Å². The average molecular weight is 306 g/mol. The van der Waals surface area contributed by atoms with Crippen molar-refractivity contribution in [2.45, 2.75) is 12.6 Å². The predicted octanol–water partition coefficient (Wildman–Crippen LogP) is 3.24. The van der Waals surface area contributed by atoms with Gasteiger partial charge in [-0.1, -0.05) is 48.5 Å². The van der Waals surface area contributed by atoms with Crippen LogP contribution >= 0.6 is 0 Å². The van der Waals surface area contributed by atoms with Gasteiger partial charge in [-0.05, 0) is 23.3 Å². The first-order valence-corrected chi connectivity index (χ1v) is 7.47. The number of nitrogens with zero attached hydrogens (tertiary/aromatic N) is 1. The van der Waals surface area contributed by atoms with E-state index in [1.165, 1.54) is 0 Å². The van der Waals surface area contributed by atoms with Gasteiger partial charge < -0.3 is 10.1 Å². The Morgan fingerprint density at radius 2 is 1.83 bits per heavy atom. The minimum absolute atomic E-state index is 0.153. The molecule has 1 N–H and O–H groups in total. The van der Waals surface area contributed by atoms with Crippen LogP contribution < -0.4 is 5.32 Å². The van der Waals surface area contributed by atoms with E-state index in [0.29, 0.717) is 6.54 Å². The summed E-state index contributed by atoms with van der Waals surface area (Å²) >= 11 is 0. The molecule has 1 amide bonds. The second-order valence-electron chi connectivity index (χ2n) is 5.23. The van der Waals surface area contributed by atoms with Gasteiger partial charge in [-0.25, -0.2) is 0 Å². The Hall–Kier alpha value is -2.72. The summed E-state index contributed by atoms with van der Waals surface area (Å²) in [6.07, 6.45) is 1.15. The maximum atomic E-state index is 12.4. The van der Waals surface area contributed by atoms with Gasteiger partial charge in [0.25, 0.3) is 5.91 Å². The molecule has 0 spiro atoms. The molecule has 4 nitrogen and oxygen atoms in total. The first-order chi connectivity index (χ1) is 11.3. The highest BCUT2D eigenvalue weighted by molar-refractivity contribution is 5.84. The number of hydrogen-bond donors (Lipinski definition) is 1. The Morgan fingerprint density at radius 3 is 2.61 bits per heavy atom. The number of ether oxygens (including phenoxy) is 1. The lowest BCUT2D eigenvalue weighted by Gasteiger charge is -2.16. The zero-order chi connectivity index (χ0) is 16.1. The van der Waals surface area contributed by atoms with Gasteiger partial charge in [0.2, 0.25) is 0 Å². The van der Waals surface area contributed by atoms with E-state index < -0.39 is 6.10 Å². The Balaban J connectivity index is 1.75. The molecule has 4 heteroatoms. The molecule has 0 fully saturated rings. The number of amides is 1. The molecule has 3 aromatic rings. The lowest BCUT2D eigenvalue weighted by atomic mass is 10.1. The minimum Gasteiger partial charge on any atom is -0.367 e. The molecule has 0 aliphatic carbocycles. The molecule has 3 rings (SSSR count). The Kier molecular flexibility index (Phi) is 4.64. The lowest BCUT2D eigenvalue weighted by molar-refractivity contribution is -0.131. The van der Waals surface area contributed by atoms with Gasteiger partial charge >= 0.3 is 0 Å². The van der Waals surface area contributed by atoms with Crippen LogP contribution in [0, 0.1) is 0 Å². The molecule has 0 radical (unpaired) electrons. The van der Waals surface area contributed by atoms with Crippen molar-refractivity contribution < 1.29 is 9.53 Å². The maximum absolute atomic E-state index is 12.4. The number of methoxy groups -OCH3 is 1. The van der Waals surface area contributed by atoms with Gasteiger partial charge in [-0.2, -0.15) is 0 Å². The quantitative estimate of drug-likeness (QED) is 0.787. The van der Waals surface area contributed by atoms with E-state index in [9.17, 15) is 4.79 Å². The molecule has 23 heavy (non-hydrogen) atoms. The summed E-state index contributed by atoms with van der Waals surface area (Å²) in [5.74, 6) is -0.153. The molecular weight excluding hydrogens is 288 g/mol. The van der Waals surface area contributed by atoms with E-state index in [-0.39, 0.29) is 5.91 Å². The summed E-state index contributed by atoms with van der Waals surface area (Å²) in [5, 5.41) is 3.99. The van der Waals surface area contributed by atoms with E-state index in [1.807, 2.05) is 60.7 Å². The van der Waals surface area contributed by atoms with Crippen LogP contribution in [0.3, 0.4) is 0 Å². The normalized spacial score (nSPS) is 12.0. The number of rotatable bonds is 5. The van der Waals surface area contributed by atoms with Gasteiger partial charge in [0, 0.05) is 25.2 Å². The van der Waals surface area contributed by atoms with E-state index in [1.54, 1.807) is 13.3 Å². The topological polar surface area (TPSA) is 51.2 Å². The van der Waals surface area contributed by atoms with Crippen LogP contribution in [0.25, 0.3) is 10.9 Å². The van der Waals surface area contributed by atoms with Crippen LogP contribution in [0.15, 0.2) is 66.9 Å². The fourth-order valence-corrected chi connectivity index (χ4v) is 2.61. The average Bonchev–Trinajstić information content (AvgIpc) is 2.61. The van der Waals surface area contributed by atoms with Crippen molar-refractivity contribution in [3.8, 4) is 0 Å². The predicted molar refractivity (Wildman–Crippen MR) is 89.8 cm³/mol. The Bertz CT molecular complexity index is 797. The summed E-state index contributed by atoms with van der Waals surface area (Å²) in [6, 6.07) is 19.3. The maximum Gasteiger partial charge on any atom is 0.254 e. The second-order valence-corrected chi connectivity index (χ2v) is 5.23. The lowest BCUT2D eigenvalue weighted by Crippen LogP contribution is -2.30. The van der Waals surface area contributed by atoms with Crippen molar-refractivity contribution in [2.24, 2.45) is 0 Å². The highest BCUT2D eigenvalue weighted by atomic mass is 16.5. The van der Waals surface area contributed by atoms with Crippen LogP contribution in [0.1, 0.15) is 17.2 Å². The number of benzene rings is 2. The minimum atomic E-state index is -0.607. The van der Waals surface area contributed by atoms with Crippen molar-refractivity contribution >= 4 is 16.8 Å². The second kappa shape index (κ2) is 7.03. The number of aromatic nitrogens is 1. The SMILES string of the molecule is CO[C@H](C(=O)NCc1ccnc2ccccc12)c1ccccc1. The van der Waals surface area contributed by atoms with Crippen LogP contribution in [0.4, 0.5) is 0 Å². The number of carbonyl (C=O) groups excluding carboxylic acids is 1. The standard InChI is InChI=1S/C19H18N2O2/c1-23-18(14-7-3-2-4-8-14)19(22)21-13-15-11-12-20-17-10-6-5-9-16(15)17/h2-12,18H,13H2,1H3,(H,21,22)/t18-/m0/s1. The molecule has 0 aliphatic heterocycles. The Morgan fingerprint density at radius 1 is 1.09 bits per heavy atom. The molecule has 0 unspecified atom stereocenters. The molecule has 1 heterocycles. The van der Waals surface area contributed by atoms with Crippen molar-refractivity contribution in [2.75, 3.05) is 7.11 Å². The zero-order valence-electron chi connectivity index (χ0n) is 12.9. The van der Waals surface area contributed by atoms with Crippen molar-refractivity contribution in [3.63, 3.8) is 0 Å². The number of nitrogens with one attached hydrogen (secondary N) is 1. The number of fused-ring (bicyclic) bond motifs is 1. The summed E-state index contributed by atoms with van der Waals surface area (Å²) in [5.41, 5.74) is 2.80. The third-order valence-corrected chi connectivity index (χ3v) is 3.77. The smallest absolute Gasteiger partial charge is 0.254 e. The molecule has 0 saturated heterocycles. The summed E-state index contributed by atoms with van der Waals surface area (Å²) in [7, 11) is 1.54. The van der Waals surface area contributed by atoms with Crippen LogP contribution in [-0.2, 0) is 16.1 Å². The van der Waals surface area contributed by atoms with Crippen molar-refractivity contribution in [1.82, 2.24) is 10.3 Å². The number of pyridine rings is 1. The number of carbonyl (C=O) groups is 1. The van der Waals surface area contributed by atoms with Crippen LogP contribution in [0.2, 0.25) is 0 Å². The Labute approximate surface area is 135 Å². The molecular formula is C19H18N2O2. The number of hydrogen-bond acceptors (Lipinski definition) is 3. The first kappa shape index (κ1) is 15.2. The van der Waals surface area contributed by atoms with Crippen LogP contribution in [0.5, 0.6) is 0 Å². The first-order valence-electron chi connectivity index (χ1n) is 7.47. The molecule has 116 valence electrons. The van der Waals surface area contributed by atoms with Crippen molar-refractivity contribution in [3.05, 3.63) is 78.0 Å². The van der Waals surface area contributed by atoms with Gasteiger partial charge in [-0.3, -0.25) is 9.78 Å².